The van der Waals surface area contributed by atoms with Crippen molar-refractivity contribution in [3.63, 3.8) is 0 Å². The molecule has 1 fully saturated rings. The normalized spacial score (nSPS) is 25.4. The van der Waals surface area contributed by atoms with Crippen LogP contribution in [-0.4, -0.2) is 11.1 Å². The Labute approximate surface area is 175 Å². The molecule has 1 saturated carbocycles. The van der Waals surface area contributed by atoms with Crippen molar-refractivity contribution in [2.45, 2.75) is 31.0 Å². The Morgan fingerprint density at radius 3 is 2.37 bits per heavy atom. The van der Waals surface area contributed by atoms with Gasteiger partial charge in [0, 0.05) is 11.3 Å². The van der Waals surface area contributed by atoms with E-state index in [-0.39, 0.29) is 23.1 Å². The van der Waals surface area contributed by atoms with Gasteiger partial charge in [-0.2, -0.15) is 13.2 Å². The number of allylic oxidation sites excluding steroid dienone is 1. The second kappa shape index (κ2) is 7.24. The Hall–Kier alpha value is -2.65. The van der Waals surface area contributed by atoms with Gasteiger partial charge in [-0.3, -0.25) is 0 Å². The molecule has 0 bridgehead atoms. The number of rotatable bonds is 5. The summed E-state index contributed by atoms with van der Waals surface area (Å²) in [6.45, 7) is 1.98. The van der Waals surface area contributed by atoms with E-state index in [1.165, 1.54) is 12.1 Å². The Kier molecular flexibility index (Phi) is 4.98. The number of halogens is 3. The van der Waals surface area contributed by atoms with E-state index in [0.717, 1.165) is 29.7 Å². The molecule has 3 atom stereocenters. The lowest BCUT2D eigenvalue weighted by molar-refractivity contribution is -0.137. The highest BCUT2D eigenvalue weighted by molar-refractivity contribution is 7.92. The maximum absolute atomic E-state index is 12.8. The first-order valence-electron chi connectivity index (χ1n) is 9.20. The number of hydrogen-bond donors (Lipinski definition) is 3. The maximum Gasteiger partial charge on any atom is 0.416 e. The Morgan fingerprint density at radius 2 is 1.83 bits per heavy atom. The van der Waals surface area contributed by atoms with Gasteiger partial charge in [0.05, 0.1) is 16.8 Å². The van der Waals surface area contributed by atoms with E-state index in [1.54, 1.807) is 24.3 Å². The first-order chi connectivity index (χ1) is 14.1. The molecule has 1 heterocycles. The van der Waals surface area contributed by atoms with Gasteiger partial charge in [-0.05, 0) is 41.8 Å². The molecule has 4 N–H and O–H groups in total. The Morgan fingerprint density at radius 1 is 1.20 bits per heavy atom. The van der Waals surface area contributed by atoms with Gasteiger partial charge in [0.2, 0.25) is 0 Å². The number of nitrogens with one attached hydrogen (secondary N) is 1. The molecule has 0 saturated heterocycles. The number of aliphatic hydroxyl groups excluding tert-OH is 1. The minimum Gasteiger partial charge on any atom is -0.508 e. The Bertz CT molecular complexity index is 1010. The van der Waals surface area contributed by atoms with Crippen LogP contribution in [0.4, 0.5) is 13.2 Å². The highest BCUT2D eigenvalue weighted by atomic mass is 32.2. The van der Waals surface area contributed by atoms with E-state index < -0.39 is 17.7 Å². The quantitative estimate of drug-likeness (QED) is 0.462. The van der Waals surface area contributed by atoms with Crippen molar-refractivity contribution in [1.29, 1.82) is 0 Å². The van der Waals surface area contributed by atoms with Crippen molar-refractivity contribution < 1.29 is 27.3 Å². The van der Waals surface area contributed by atoms with Crippen molar-refractivity contribution in [3.8, 4) is 0 Å². The molecule has 0 amide bonds. The predicted molar refractivity (Wildman–Crippen MR) is 106 cm³/mol. The highest BCUT2D eigenvalue weighted by Gasteiger charge is 2.56. The fourth-order valence-corrected chi connectivity index (χ4v) is 4.13. The van der Waals surface area contributed by atoms with Crippen molar-refractivity contribution in [2.24, 2.45) is 11.1 Å². The van der Waals surface area contributed by atoms with E-state index in [1.807, 2.05) is 6.92 Å². The van der Waals surface area contributed by atoms with Crippen LogP contribution in [0, 0.1) is 5.92 Å². The predicted octanol–water partition coefficient (Wildman–Crippen LogP) is 4.78. The fraction of sp³-hybridized carbons (Fsp3) is 0.286. The van der Waals surface area contributed by atoms with Crippen LogP contribution in [0.5, 0.6) is 0 Å². The Balaban J connectivity index is 1.46. The number of nitrogens with two attached hydrogens (primary N) is 1. The van der Waals surface area contributed by atoms with Crippen LogP contribution in [0.15, 0.2) is 60.0 Å². The standard InChI is InChI=1S/C21H19F3N2O3S/c1-20(13-6-8-14(9-7-13)21(22,23)24)10-15(20)17-18(27)16(26-17)11-2-4-12(5-3-11)19(28)29-30-25/h2-9,15-16,26-27H,10,25H2,1H3. The van der Waals surface area contributed by atoms with E-state index in [2.05, 4.69) is 9.50 Å². The van der Waals surface area contributed by atoms with Crippen molar-refractivity contribution in [3.05, 3.63) is 82.2 Å². The van der Waals surface area contributed by atoms with Gasteiger partial charge in [-0.25, -0.2) is 9.93 Å². The van der Waals surface area contributed by atoms with Gasteiger partial charge in [0.15, 0.2) is 0 Å². The minimum atomic E-state index is -4.36. The summed E-state index contributed by atoms with van der Waals surface area (Å²) in [5.74, 6) is -0.328. The summed E-state index contributed by atoms with van der Waals surface area (Å²) in [5, 5.41) is 18.9. The number of carbonyl (C=O) groups excluding carboxylic acids is 1. The summed E-state index contributed by atoms with van der Waals surface area (Å²) in [7, 11) is 0. The lowest BCUT2D eigenvalue weighted by Gasteiger charge is -2.33. The molecule has 30 heavy (non-hydrogen) atoms. The van der Waals surface area contributed by atoms with Crippen molar-refractivity contribution in [2.75, 3.05) is 0 Å². The summed E-state index contributed by atoms with van der Waals surface area (Å²) in [6.07, 6.45) is -3.62. The van der Waals surface area contributed by atoms with Crippen LogP contribution in [0.25, 0.3) is 0 Å². The zero-order valence-electron chi connectivity index (χ0n) is 15.9. The van der Waals surface area contributed by atoms with Crippen molar-refractivity contribution >= 4 is 18.2 Å². The number of aliphatic hydroxyl groups is 1. The summed E-state index contributed by atoms with van der Waals surface area (Å²) < 4.78 is 43.0. The third-order valence-corrected chi connectivity index (χ3v) is 6.16. The molecular formula is C21H19F3N2O3S. The molecule has 5 nitrogen and oxygen atoms in total. The van der Waals surface area contributed by atoms with Crippen LogP contribution in [-0.2, 0) is 15.8 Å². The molecule has 4 rings (SSSR count). The number of hydrogen-bond acceptors (Lipinski definition) is 6. The summed E-state index contributed by atoms with van der Waals surface area (Å²) in [4.78, 5) is 11.6. The highest BCUT2D eigenvalue weighted by Crippen LogP contribution is 2.60. The van der Waals surface area contributed by atoms with Crippen molar-refractivity contribution in [1.82, 2.24) is 5.32 Å². The molecular weight excluding hydrogens is 417 g/mol. The molecule has 2 aliphatic rings. The molecule has 9 heteroatoms. The summed E-state index contributed by atoms with van der Waals surface area (Å²) in [6, 6.07) is 11.4. The zero-order valence-corrected chi connectivity index (χ0v) is 16.7. The first kappa shape index (κ1) is 20.6. The van der Waals surface area contributed by atoms with E-state index in [0.29, 0.717) is 23.5 Å². The van der Waals surface area contributed by atoms with E-state index in [9.17, 15) is 23.1 Å². The van der Waals surface area contributed by atoms with Gasteiger partial charge in [0.1, 0.15) is 24.0 Å². The van der Waals surface area contributed by atoms with Crippen LogP contribution in [0.1, 0.15) is 46.4 Å². The van der Waals surface area contributed by atoms with E-state index >= 15 is 0 Å². The monoisotopic (exact) mass is 436 g/mol. The molecule has 0 radical (unpaired) electrons. The number of carbonyl (C=O) groups is 1. The average molecular weight is 436 g/mol. The fourth-order valence-electron chi connectivity index (χ4n) is 3.94. The summed E-state index contributed by atoms with van der Waals surface area (Å²) in [5.41, 5.74) is 1.66. The second-order valence-corrected chi connectivity index (χ2v) is 8.07. The third kappa shape index (κ3) is 3.52. The van der Waals surface area contributed by atoms with Gasteiger partial charge < -0.3 is 14.6 Å². The smallest absolute Gasteiger partial charge is 0.416 e. The third-order valence-electron chi connectivity index (χ3n) is 5.91. The number of benzene rings is 2. The molecule has 2 aromatic carbocycles. The number of alkyl halides is 3. The van der Waals surface area contributed by atoms with Crippen LogP contribution < -0.4 is 10.5 Å². The molecule has 0 aromatic heterocycles. The molecule has 3 unspecified atom stereocenters. The molecule has 2 aromatic rings. The molecule has 158 valence electrons. The SMILES string of the molecule is CC1(c2ccc(C(F)(F)F)cc2)CC1C1=C(O)C(c2ccc(C(=O)OSN)cc2)N1. The first-order valence-corrected chi connectivity index (χ1v) is 10.0. The summed E-state index contributed by atoms with van der Waals surface area (Å²) >= 11 is 0.476. The maximum atomic E-state index is 12.8. The largest absolute Gasteiger partial charge is 0.508 e. The van der Waals surface area contributed by atoms with Crippen LogP contribution in [0.2, 0.25) is 0 Å². The van der Waals surface area contributed by atoms with Gasteiger partial charge >= 0.3 is 12.1 Å². The average Bonchev–Trinajstić information content (AvgIpc) is 3.39. The van der Waals surface area contributed by atoms with E-state index in [4.69, 9.17) is 5.14 Å². The molecule has 1 aliphatic heterocycles. The zero-order chi connectivity index (χ0) is 21.7. The van der Waals surface area contributed by atoms with Gasteiger partial charge in [-0.15, -0.1) is 0 Å². The van der Waals surface area contributed by atoms with Crippen LogP contribution >= 0.6 is 12.2 Å². The minimum absolute atomic E-state index is 0.0151. The molecule has 1 aliphatic carbocycles. The lowest BCUT2D eigenvalue weighted by Crippen LogP contribution is -2.37. The molecule has 0 spiro atoms. The topological polar surface area (TPSA) is 84.6 Å². The second-order valence-electron chi connectivity index (χ2n) is 7.71. The van der Waals surface area contributed by atoms with Gasteiger partial charge in [0.25, 0.3) is 0 Å². The van der Waals surface area contributed by atoms with Crippen LogP contribution in [0.3, 0.4) is 0 Å². The lowest BCUT2D eigenvalue weighted by atomic mass is 9.89. The van der Waals surface area contributed by atoms with Gasteiger partial charge in [-0.1, -0.05) is 31.2 Å².